The highest BCUT2D eigenvalue weighted by Gasteiger charge is 2.17. The summed E-state index contributed by atoms with van der Waals surface area (Å²) in [7, 11) is 0. The lowest BCUT2D eigenvalue weighted by atomic mass is 10.1. The zero-order chi connectivity index (χ0) is 24.2. The lowest BCUT2D eigenvalue weighted by Crippen LogP contribution is -2.42. The number of fused-ring (bicyclic) bond motifs is 1. The van der Waals surface area contributed by atoms with Gasteiger partial charge in [0.1, 0.15) is 5.82 Å². The molecule has 1 unspecified atom stereocenters. The van der Waals surface area contributed by atoms with Crippen LogP contribution in [0.1, 0.15) is 38.7 Å². The molecule has 0 amide bonds. The maximum Gasteiger partial charge on any atom is 0.154 e. The number of aryl methyl sites for hydroxylation is 1. The summed E-state index contributed by atoms with van der Waals surface area (Å²) in [6.07, 6.45) is 8.71. The van der Waals surface area contributed by atoms with E-state index in [0.29, 0.717) is 23.6 Å². The summed E-state index contributed by atoms with van der Waals surface area (Å²) >= 11 is 0. The van der Waals surface area contributed by atoms with Crippen LogP contribution in [0.4, 0.5) is 11.6 Å². The third-order valence-corrected chi connectivity index (χ3v) is 6.55. The molecule has 0 spiro atoms. The number of nitrogens with zero attached hydrogens (tertiary/aromatic N) is 7. The molecule has 1 fully saturated rings. The first-order chi connectivity index (χ1) is 17.0. The Bertz CT molecular complexity index is 1280. The van der Waals surface area contributed by atoms with E-state index in [1.165, 1.54) is 0 Å². The first kappa shape index (κ1) is 23.3. The number of anilines is 2. The van der Waals surface area contributed by atoms with Crippen molar-refractivity contribution >= 4 is 22.7 Å². The molecule has 35 heavy (non-hydrogen) atoms. The Morgan fingerprint density at radius 3 is 2.66 bits per heavy atom. The number of morpholine rings is 1. The Morgan fingerprint density at radius 2 is 1.83 bits per heavy atom. The molecule has 1 atom stereocenters. The van der Waals surface area contributed by atoms with Crippen molar-refractivity contribution in [1.29, 1.82) is 0 Å². The topological polar surface area (TPSA) is 93.9 Å². The first-order valence-electron chi connectivity index (χ1n) is 12.3. The van der Waals surface area contributed by atoms with Crippen molar-refractivity contribution in [3.05, 3.63) is 54.6 Å². The summed E-state index contributed by atoms with van der Waals surface area (Å²) in [5, 5.41) is 16.1. The van der Waals surface area contributed by atoms with Crippen LogP contribution in [0, 0.1) is 0 Å². The van der Waals surface area contributed by atoms with E-state index in [9.17, 15) is 0 Å². The zero-order valence-electron chi connectivity index (χ0n) is 20.6. The van der Waals surface area contributed by atoms with Gasteiger partial charge in [-0.2, -0.15) is 10.2 Å². The zero-order valence-corrected chi connectivity index (χ0v) is 20.6. The lowest BCUT2D eigenvalue weighted by Gasteiger charge is -2.32. The molecule has 0 bridgehead atoms. The summed E-state index contributed by atoms with van der Waals surface area (Å²) in [5.41, 5.74) is 4.82. The van der Waals surface area contributed by atoms with Gasteiger partial charge in [-0.15, -0.1) is 5.10 Å². The minimum absolute atomic E-state index is 0.380. The molecule has 4 aromatic rings. The van der Waals surface area contributed by atoms with Crippen LogP contribution in [0.15, 0.2) is 49.1 Å². The predicted molar refractivity (Wildman–Crippen MR) is 137 cm³/mol. The van der Waals surface area contributed by atoms with Crippen LogP contribution in [0.5, 0.6) is 0 Å². The van der Waals surface area contributed by atoms with E-state index in [-0.39, 0.29) is 0 Å². The van der Waals surface area contributed by atoms with Crippen LogP contribution < -0.4 is 5.32 Å². The van der Waals surface area contributed by atoms with E-state index in [1.807, 2.05) is 35.3 Å². The number of aromatic nitrogens is 6. The fourth-order valence-electron chi connectivity index (χ4n) is 4.28. The van der Waals surface area contributed by atoms with Gasteiger partial charge in [-0.05, 0) is 49.1 Å². The van der Waals surface area contributed by atoms with E-state index in [2.05, 4.69) is 63.5 Å². The summed E-state index contributed by atoms with van der Waals surface area (Å²) in [6.45, 7) is 11.1. The molecule has 0 aromatic carbocycles. The van der Waals surface area contributed by atoms with Crippen LogP contribution >= 0.6 is 0 Å². The Hall–Kier alpha value is -3.43. The molecule has 5 heterocycles. The SMILES string of the molecule is CC(C)c1cnnc(Nc2ccc3ncc(-c4cnn(CCC(C)N5CCOCC5)c4)cc3n2)c1. The van der Waals surface area contributed by atoms with Gasteiger partial charge in [-0.3, -0.25) is 14.6 Å². The third kappa shape index (κ3) is 5.63. The quantitative estimate of drug-likeness (QED) is 0.407. The van der Waals surface area contributed by atoms with E-state index >= 15 is 0 Å². The van der Waals surface area contributed by atoms with E-state index in [1.54, 1.807) is 6.20 Å². The molecule has 0 aliphatic carbocycles. The molecular weight excluding hydrogens is 440 g/mol. The van der Waals surface area contributed by atoms with Crippen molar-refractivity contribution in [1.82, 2.24) is 34.8 Å². The fraction of sp³-hybridized carbons (Fsp3) is 0.423. The van der Waals surface area contributed by atoms with Gasteiger partial charge in [-0.25, -0.2) is 4.98 Å². The molecular formula is C26H32N8O. The highest BCUT2D eigenvalue weighted by Crippen LogP contribution is 2.24. The fourth-order valence-corrected chi connectivity index (χ4v) is 4.28. The maximum absolute atomic E-state index is 5.47. The molecule has 1 aliphatic heterocycles. The maximum atomic E-state index is 5.47. The average molecular weight is 473 g/mol. The molecule has 4 aromatic heterocycles. The summed E-state index contributed by atoms with van der Waals surface area (Å²) in [4.78, 5) is 11.9. The van der Waals surface area contributed by atoms with Gasteiger partial charge in [0.15, 0.2) is 5.82 Å². The van der Waals surface area contributed by atoms with Gasteiger partial charge < -0.3 is 10.1 Å². The number of nitrogens with one attached hydrogen (secondary N) is 1. The molecule has 5 rings (SSSR count). The van der Waals surface area contributed by atoms with Crippen LogP contribution in [-0.2, 0) is 11.3 Å². The summed E-state index contributed by atoms with van der Waals surface area (Å²) < 4.78 is 7.48. The van der Waals surface area contributed by atoms with Crippen molar-refractivity contribution in [2.45, 2.75) is 45.7 Å². The lowest BCUT2D eigenvalue weighted by molar-refractivity contribution is 0.0177. The Balaban J connectivity index is 1.28. The van der Waals surface area contributed by atoms with Gasteiger partial charge in [0, 0.05) is 49.2 Å². The number of hydrogen-bond acceptors (Lipinski definition) is 8. The van der Waals surface area contributed by atoms with Gasteiger partial charge in [-0.1, -0.05) is 13.8 Å². The monoisotopic (exact) mass is 472 g/mol. The normalized spacial score (nSPS) is 15.5. The van der Waals surface area contributed by atoms with Gasteiger partial charge >= 0.3 is 0 Å². The minimum atomic E-state index is 0.380. The van der Waals surface area contributed by atoms with Crippen LogP contribution in [0.25, 0.3) is 22.2 Å². The molecule has 1 aliphatic rings. The molecule has 0 saturated carbocycles. The number of pyridine rings is 2. The summed E-state index contributed by atoms with van der Waals surface area (Å²) in [6, 6.07) is 8.44. The first-order valence-corrected chi connectivity index (χ1v) is 12.3. The smallest absolute Gasteiger partial charge is 0.154 e. The standard InChI is InChI=1S/C26H32N8O/c1-18(2)20-13-26(32-28-15-20)31-25-5-4-23-24(30-25)12-21(14-27-23)22-16-29-34(17-22)7-6-19(3)33-8-10-35-11-9-33/h4-5,12-19H,6-11H2,1-3H3,(H,30,31,32). The highest BCUT2D eigenvalue weighted by molar-refractivity contribution is 5.81. The van der Waals surface area contributed by atoms with E-state index in [0.717, 1.165) is 67.0 Å². The van der Waals surface area contributed by atoms with Gasteiger partial charge in [0.25, 0.3) is 0 Å². The van der Waals surface area contributed by atoms with Crippen LogP contribution in [-0.4, -0.2) is 67.2 Å². The Morgan fingerprint density at radius 1 is 0.971 bits per heavy atom. The summed E-state index contributed by atoms with van der Waals surface area (Å²) in [5.74, 6) is 1.77. The van der Waals surface area contributed by atoms with Gasteiger partial charge in [0.2, 0.25) is 0 Å². The van der Waals surface area contributed by atoms with Crippen molar-refractivity contribution < 1.29 is 4.74 Å². The Kier molecular flexibility index (Phi) is 6.96. The second-order valence-electron chi connectivity index (χ2n) is 9.39. The largest absolute Gasteiger partial charge is 0.379 e. The molecule has 182 valence electrons. The van der Waals surface area contributed by atoms with Crippen molar-refractivity contribution in [2.75, 3.05) is 31.6 Å². The number of rotatable bonds is 8. The average Bonchev–Trinajstić information content (AvgIpc) is 3.37. The minimum Gasteiger partial charge on any atom is -0.379 e. The van der Waals surface area contributed by atoms with Gasteiger partial charge in [0.05, 0.1) is 36.6 Å². The molecule has 9 heteroatoms. The Labute approximate surface area is 205 Å². The van der Waals surface area contributed by atoms with Crippen molar-refractivity contribution in [3.8, 4) is 11.1 Å². The molecule has 9 nitrogen and oxygen atoms in total. The number of hydrogen-bond donors (Lipinski definition) is 1. The second-order valence-corrected chi connectivity index (χ2v) is 9.39. The molecule has 1 N–H and O–H groups in total. The van der Waals surface area contributed by atoms with Crippen molar-refractivity contribution in [3.63, 3.8) is 0 Å². The van der Waals surface area contributed by atoms with Crippen LogP contribution in [0.3, 0.4) is 0 Å². The van der Waals surface area contributed by atoms with E-state index < -0.39 is 0 Å². The molecule has 0 radical (unpaired) electrons. The molecule has 1 saturated heterocycles. The number of ether oxygens (including phenoxy) is 1. The highest BCUT2D eigenvalue weighted by atomic mass is 16.5. The van der Waals surface area contributed by atoms with E-state index in [4.69, 9.17) is 9.72 Å². The predicted octanol–water partition coefficient (Wildman–Crippen LogP) is 4.26. The van der Waals surface area contributed by atoms with Crippen molar-refractivity contribution in [2.24, 2.45) is 0 Å². The third-order valence-electron chi connectivity index (χ3n) is 6.55. The second kappa shape index (κ2) is 10.5. The van der Waals surface area contributed by atoms with Crippen LogP contribution in [0.2, 0.25) is 0 Å².